The maximum atomic E-state index is 11.5. The summed E-state index contributed by atoms with van der Waals surface area (Å²) >= 11 is 0. The summed E-state index contributed by atoms with van der Waals surface area (Å²) in [5, 5.41) is 0. The lowest BCUT2D eigenvalue weighted by atomic mass is 9.90. The van der Waals surface area contributed by atoms with Crippen LogP contribution in [0.3, 0.4) is 0 Å². The number of carbonyl (C=O) groups excluding carboxylic acids is 1. The van der Waals surface area contributed by atoms with E-state index in [4.69, 9.17) is 10.5 Å². The number of amides is 1. The first-order valence-corrected chi connectivity index (χ1v) is 5.69. The molecule has 1 fully saturated rings. The number of ether oxygens (including phenoxy) is 1. The summed E-state index contributed by atoms with van der Waals surface area (Å²) in [6.07, 6.45) is 3.30. The summed E-state index contributed by atoms with van der Waals surface area (Å²) in [5.74, 6) is 0.533. The van der Waals surface area contributed by atoms with Crippen LogP contribution in [0, 0.1) is 5.92 Å². The molecule has 0 spiro atoms. The Kier molecular flexibility index (Phi) is 3.58. The van der Waals surface area contributed by atoms with Crippen LogP contribution in [-0.4, -0.2) is 42.7 Å². The van der Waals surface area contributed by atoms with Gasteiger partial charge >= 0.3 is 6.09 Å². The van der Waals surface area contributed by atoms with Crippen molar-refractivity contribution >= 4 is 6.09 Å². The Morgan fingerprint density at radius 3 is 3.06 bits per heavy atom. The van der Waals surface area contributed by atoms with Gasteiger partial charge in [0, 0.05) is 31.4 Å². The standard InChI is InChI=1S/C12H17N3O2/c1-17-12(16)15-7-10(5-13)11(8-15)9-3-2-4-14-6-9/h2-4,6,10-11H,5,7-8,13H2,1H3. The molecule has 2 unspecified atom stereocenters. The van der Waals surface area contributed by atoms with Crippen molar-refractivity contribution in [3.8, 4) is 0 Å². The first kappa shape index (κ1) is 11.9. The number of pyridine rings is 1. The van der Waals surface area contributed by atoms with E-state index in [0.717, 1.165) is 5.56 Å². The zero-order valence-electron chi connectivity index (χ0n) is 9.87. The Morgan fingerprint density at radius 1 is 1.65 bits per heavy atom. The fourth-order valence-electron chi connectivity index (χ4n) is 2.36. The zero-order chi connectivity index (χ0) is 12.3. The van der Waals surface area contributed by atoms with Gasteiger partial charge in [0.15, 0.2) is 0 Å². The highest BCUT2D eigenvalue weighted by Crippen LogP contribution is 2.31. The molecule has 1 aromatic rings. The molecular weight excluding hydrogens is 218 g/mol. The van der Waals surface area contributed by atoms with E-state index in [1.807, 2.05) is 18.3 Å². The van der Waals surface area contributed by atoms with Gasteiger partial charge in [0.2, 0.25) is 0 Å². The van der Waals surface area contributed by atoms with Crippen molar-refractivity contribution in [1.82, 2.24) is 9.88 Å². The van der Waals surface area contributed by atoms with Crippen LogP contribution in [0.5, 0.6) is 0 Å². The molecule has 5 nitrogen and oxygen atoms in total. The number of methoxy groups -OCH3 is 1. The van der Waals surface area contributed by atoms with E-state index in [1.165, 1.54) is 7.11 Å². The Bertz CT molecular complexity index is 383. The van der Waals surface area contributed by atoms with Gasteiger partial charge in [-0.2, -0.15) is 0 Å². The Labute approximate surface area is 101 Å². The summed E-state index contributed by atoms with van der Waals surface area (Å²) < 4.78 is 4.74. The van der Waals surface area contributed by atoms with Crippen LogP contribution in [0.2, 0.25) is 0 Å². The van der Waals surface area contributed by atoms with Crippen LogP contribution in [0.4, 0.5) is 4.79 Å². The molecule has 0 bridgehead atoms. The highest BCUT2D eigenvalue weighted by molar-refractivity contribution is 5.68. The van der Waals surface area contributed by atoms with Gasteiger partial charge in [-0.3, -0.25) is 4.98 Å². The minimum Gasteiger partial charge on any atom is -0.453 e. The first-order chi connectivity index (χ1) is 8.26. The number of hydrogen-bond donors (Lipinski definition) is 1. The quantitative estimate of drug-likeness (QED) is 0.824. The van der Waals surface area contributed by atoms with Crippen LogP contribution in [0.15, 0.2) is 24.5 Å². The van der Waals surface area contributed by atoms with E-state index < -0.39 is 0 Å². The summed E-state index contributed by atoms with van der Waals surface area (Å²) in [6.45, 7) is 1.87. The van der Waals surface area contributed by atoms with E-state index in [-0.39, 0.29) is 17.9 Å². The highest BCUT2D eigenvalue weighted by atomic mass is 16.5. The van der Waals surface area contributed by atoms with Crippen LogP contribution in [0.1, 0.15) is 11.5 Å². The van der Waals surface area contributed by atoms with Gasteiger partial charge < -0.3 is 15.4 Å². The average Bonchev–Trinajstić information content (AvgIpc) is 2.83. The zero-order valence-corrected chi connectivity index (χ0v) is 9.87. The van der Waals surface area contributed by atoms with Gasteiger partial charge in [0.1, 0.15) is 0 Å². The van der Waals surface area contributed by atoms with Gasteiger partial charge in [0.05, 0.1) is 7.11 Å². The molecule has 2 heterocycles. The molecule has 17 heavy (non-hydrogen) atoms. The molecule has 1 amide bonds. The highest BCUT2D eigenvalue weighted by Gasteiger charge is 2.35. The molecule has 2 N–H and O–H groups in total. The van der Waals surface area contributed by atoms with E-state index in [9.17, 15) is 4.79 Å². The summed E-state index contributed by atoms with van der Waals surface area (Å²) in [5.41, 5.74) is 6.90. The monoisotopic (exact) mass is 235 g/mol. The topological polar surface area (TPSA) is 68.5 Å². The third-order valence-corrected chi connectivity index (χ3v) is 3.29. The Balaban J connectivity index is 2.15. The molecule has 1 aliphatic rings. The van der Waals surface area contributed by atoms with Gasteiger partial charge in [-0.15, -0.1) is 0 Å². The second kappa shape index (κ2) is 5.14. The van der Waals surface area contributed by atoms with Crippen molar-refractivity contribution in [3.63, 3.8) is 0 Å². The van der Waals surface area contributed by atoms with Crippen LogP contribution >= 0.6 is 0 Å². The third kappa shape index (κ3) is 2.39. The lowest BCUT2D eigenvalue weighted by molar-refractivity contribution is 0.131. The third-order valence-electron chi connectivity index (χ3n) is 3.29. The Morgan fingerprint density at radius 2 is 2.47 bits per heavy atom. The predicted molar refractivity (Wildman–Crippen MR) is 63.5 cm³/mol. The van der Waals surface area contributed by atoms with E-state index >= 15 is 0 Å². The molecule has 0 radical (unpaired) electrons. The van der Waals surface area contributed by atoms with Gasteiger partial charge in [0.25, 0.3) is 0 Å². The summed E-state index contributed by atoms with van der Waals surface area (Å²) in [7, 11) is 1.40. The van der Waals surface area contributed by atoms with Crippen molar-refractivity contribution in [3.05, 3.63) is 30.1 Å². The van der Waals surface area contributed by atoms with E-state index in [0.29, 0.717) is 19.6 Å². The van der Waals surface area contributed by atoms with Crippen molar-refractivity contribution in [1.29, 1.82) is 0 Å². The number of nitrogens with zero attached hydrogens (tertiary/aromatic N) is 2. The molecule has 0 aliphatic carbocycles. The maximum Gasteiger partial charge on any atom is 0.409 e. The van der Waals surface area contributed by atoms with Crippen LogP contribution in [-0.2, 0) is 4.74 Å². The fraction of sp³-hybridized carbons (Fsp3) is 0.500. The number of likely N-dealkylation sites (tertiary alicyclic amines) is 1. The summed E-state index contributed by atoms with van der Waals surface area (Å²) in [4.78, 5) is 17.3. The largest absolute Gasteiger partial charge is 0.453 e. The summed E-state index contributed by atoms with van der Waals surface area (Å²) in [6, 6.07) is 3.94. The van der Waals surface area contributed by atoms with Crippen molar-refractivity contribution in [2.45, 2.75) is 5.92 Å². The molecule has 1 saturated heterocycles. The van der Waals surface area contributed by atoms with E-state index in [1.54, 1.807) is 11.1 Å². The van der Waals surface area contributed by atoms with E-state index in [2.05, 4.69) is 4.98 Å². The molecule has 2 atom stereocenters. The minimum atomic E-state index is -0.283. The number of carbonyl (C=O) groups is 1. The van der Waals surface area contributed by atoms with Crippen molar-refractivity contribution in [2.75, 3.05) is 26.7 Å². The van der Waals surface area contributed by atoms with Crippen molar-refractivity contribution < 1.29 is 9.53 Å². The average molecular weight is 235 g/mol. The normalized spacial score (nSPS) is 23.8. The molecule has 5 heteroatoms. The number of nitrogens with two attached hydrogens (primary N) is 1. The molecule has 2 rings (SSSR count). The lowest BCUT2D eigenvalue weighted by Gasteiger charge is -2.15. The smallest absolute Gasteiger partial charge is 0.409 e. The molecule has 0 aromatic carbocycles. The van der Waals surface area contributed by atoms with Gasteiger partial charge in [-0.05, 0) is 24.1 Å². The minimum absolute atomic E-state index is 0.257. The number of aromatic nitrogens is 1. The second-order valence-electron chi connectivity index (χ2n) is 4.26. The first-order valence-electron chi connectivity index (χ1n) is 5.69. The fourth-order valence-corrected chi connectivity index (χ4v) is 2.36. The molecule has 0 saturated carbocycles. The predicted octanol–water partition coefficient (Wildman–Crippen LogP) is 0.822. The second-order valence-corrected chi connectivity index (χ2v) is 4.26. The lowest BCUT2D eigenvalue weighted by Crippen LogP contribution is -2.29. The SMILES string of the molecule is COC(=O)N1CC(CN)C(c2cccnc2)C1. The maximum absolute atomic E-state index is 11.5. The van der Waals surface area contributed by atoms with Crippen LogP contribution < -0.4 is 5.73 Å². The number of hydrogen-bond acceptors (Lipinski definition) is 4. The molecule has 1 aromatic heterocycles. The molecule has 92 valence electrons. The molecule has 1 aliphatic heterocycles. The van der Waals surface area contributed by atoms with Gasteiger partial charge in [-0.1, -0.05) is 6.07 Å². The van der Waals surface area contributed by atoms with Gasteiger partial charge in [-0.25, -0.2) is 4.79 Å². The Hall–Kier alpha value is -1.62. The number of rotatable bonds is 2. The van der Waals surface area contributed by atoms with Crippen molar-refractivity contribution in [2.24, 2.45) is 11.7 Å². The molecular formula is C12H17N3O2. The van der Waals surface area contributed by atoms with Crippen LogP contribution in [0.25, 0.3) is 0 Å².